The van der Waals surface area contributed by atoms with Gasteiger partial charge in [0, 0.05) is 24.2 Å². The van der Waals surface area contributed by atoms with E-state index in [0.717, 1.165) is 0 Å². The highest BCUT2D eigenvalue weighted by molar-refractivity contribution is 6.02. The number of ether oxygens (including phenoxy) is 2. The summed E-state index contributed by atoms with van der Waals surface area (Å²) in [4.78, 5) is 40.0. The average Bonchev–Trinajstić information content (AvgIpc) is 2.65. The van der Waals surface area contributed by atoms with Crippen LogP contribution in [0, 0.1) is 5.41 Å². The molecule has 0 aliphatic heterocycles. The van der Waals surface area contributed by atoms with Gasteiger partial charge in [0.1, 0.15) is 5.56 Å². The highest BCUT2D eigenvalue weighted by Gasteiger charge is 2.32. The van der Waals surface area contributed by atoms with Gasteiger partial charge in [-0.2, -0.15) is 8.78 Å². The monoisotopic (exact) mass is 420 g/mol. The molecule has 30 heavy (non-hydrogen) atoms. The van der Waals surface area contributed by atoms with Gasteiger partial charge in [-0.3, -0.25) is 14.4 Å². The van der Waals surface area contributed by atoms with Crippen LogP contribution in [0.15, 0.2) is 29.1 Å². The number of benzene rings is 1. The van der Waals surface area contributed by atoms with Crippen LogP contribution in [0.1, 0.15) is 52.2 Å². The number of nitrogens with one attached hydrogen (secondary N) is 2. The number of pyridine rings is 1. The number of carbonyl (C=O) groups excluding carboxylic acids is 2. The van der Waals surface area contributed by atoms with Crippen molar-refractivity contribution in [1.82, 2.24) is 10.3 Å². The molecule has 160 valence electrons. The quantitative estimate of drug-likeness (QED) is 0.749. The van der Waals surface area contributed by atoms with Crippen LogP contribution >= 0.6 is 0 Å². The Morgan fingerprint density at radius 2 is 1.93 bits per heavy atom. The number of ketones is 1. The lowest BCUT2D eigenvalue weighted by Crippen LogP contribution is -2.34. The Hall–Kier alpha value is -3.23. The molecule has 2 aromatic rings. The molecule has 1 amide bonds. The molecule has 0 saturated heterocycles. The zero-order valence-electron chi connectivity index (χ0n) is 16.8. The zero-order chi connectivity index (χ0) is 22.1. The van der Waals surface area contributed by atoms with E-state index < -0.39 is 18.1 Å². The second-order valence-corrected chi connectivity index (χ2v) is 7.89. The molecule has 0 radical (unpaired) electrons. The summed E-state index contributed by atoms with van der Waals surface area (Å²) in [5, 5.41) is 2.59. The summed E-state index contributed by atoms with van der Waals surface area (Å²) in [6.07, 6.45) is 0.873. The van der Waals surface area contributed by atoms with E-state index in [9.17, 15) is 23.2 Å². The molecule has 1 heterocycles. The molecule has 3 rings (SSSR count). The van der Waals surface area contributed by atoms with Gasteiger partial charge in [-0.15, -0.1) is 0 Å². The van der Waals surface area contributed by atoms with Gasteiger partial charge in [0.2, 0.25) is 0 Å². The maximum Gasteiger partial charge on any atom is 0.387 e. The lowest BCUT2D eigenvalue weighted by Gasteiger charge is -2.29. The third kappa shape index (κ3) is 4.67. The van der Waals surface area contributed by atoms with Crippen LogP contribution < -0.4 is 20.3 Å². The molecule has 7 nitrogen and oxygen atoms in total. The molecule has 0 bridgehead atoms. The van der Waals surface area contributed by atoms with E-state index in [-0.39, 0.29) is 34.8 Å². The van der Waals surface area contributed by atoms with Crippen LogP contribution in [0.5, 0.6) is 11.5 Å². The molecule has 1 aromatic carbocycles. The van der Waals surface area contributed by atoms with E-state index in [4.69, 9.17) is 4.74 Å². The first-order chi connectivity index (χ1) is 14.1. The number of hydrogen-bond acceptors (Lipinski definition) is 5. The summed E-state index contributed by atoms with van der Waals surface area (Å²) in [5.74, 6) is -0.813. The Morgan fingerprint density at radius 1 is 1.20 bits per heavy atom. The minimum Gasteiger partial charge on any atom is -0.493 e. The molecule has 0 atom stereocenters. The molecule has 0 fully saturated rings. The van der Waals surface area contributed by atoms with Crippen molar-refractivity contribution < 1.29 is 27.8 Å². The maximum atomic E-state index is 12.5. The molecular weight excluding hydrogens is 398 g/mol. The number of hydrogen-bond donors (Lipinski definition) is 2. The van der Waals surface area contributed by atoms with Crippen molar-refractivity contribution in [3.8, 4) is 11.5 Å². The third-order valence-corrected chi connectivity index (χ3v) is 4.86. The lowest BCUT2D eigenvalue weighted by atomic mass is 9.75. The first-order valence-electron chi connectivity index (χ1n) is 9.29. The molecule has 2 N–H and O–H groups in total. The van der Waals surface area contributed by atoms with Crippen molar-refractivity contribution in [2.75, 3.05) is 7.11 Å². The summed E-state index contributed by atoms with van der Waals surface area (Å²) in [6.45, 7) is 0.910. The Bertz CT molecular complexity index is 1050. The fourth-order valence-electron chi connectivity index (χ4n) is 3.49. The molecule has 0 spiro atoms. The van der Waals surface area contributed by atoms with Crippen molar-refractivity contribution in [3.63, 3.8) is 0 Å². The zero-order valence-corrected chi connectivity index (χ0v) is 16.8. The number of H-pyrrole nitrogens is 1. The Labute approximate surface area is 171 Å². The van der Waals surface area contributed by atoms with Crippen molar-refractivity contribution in [3.05, 3.63) is 57.0 Å². The van der Waals surface area contributed by atoms with Crippen molar-refractivity contribution >= 4 is 11.7 Å². The van der Waals surface area contributed by atoms with E-state index in [2.05, 4.69) is 15.0 Å². The number of fused-ring (bicyclic) bond motifs is 1. The number of halogens is 2. The fourth-order valence-corrected chi connectivity index (χ4v) is 3.49. The van der Waals surface area contributed by atoms with Crippen LogP contribution in [0.4, 0.5) is 8.78 Å². The van der Waals surface area contributed by atoms with E-state index in [1.165, 1.54) is 31.4 Å². The minimum absolute atomic E-state index is 0.0155. The molecule has 0 unspecified atom stereocenters. The number of carbonyl (C=O) groups is 2. The largest absolute Gasteiger partial charge is 0.493 e. The standard InChI is InChI=1S/C21H22F2N2O5/c1-21(2)8-14-12(15(26)9-21)7-13(19(28)25-14)18(27)24-10-11-4-5-16(30-20(22)23)17(6-11)29-3/h4-7,20H,8-10H2,1-3H3,(H,24,27)(H,25,28). The van der Waals surface area contributed by atoms with E-state index in [0.29, 0.717) is 29.7 Å². The summed E-state index contributed by atoms with van der Waals surface area (Å²) < 4.78 is 34.2. The maximum absolute atomic E-state index is 12.5. The minimum atomic E-state index is -2.99. The van der Waals surface area contributed by atoms with Crippen LogP contribution in [-0.4, -0.2) is 30.4 Å². The molecule has 9 heteroatoms. The molecule has 1 aromatic heterocycles. The van der Waals surface area contributed by atoms with E-state index in [1.807, 2.05) is 13.8 Å². The van der Waals surface area contributed by atoms with Crippen molar-refractivity contribution in [2.24, 2.45) is 5.41 Å². The summed E-state index contributed by atoms with van der Waals surface area (Å²) >= 11 is 0. The fraction of sp³-hybridized carbons (Fsp3) is 0.381. The third-order valence-electron chi connectivity index (χ3n) is 4.86. The first-order valence-corrected chi connectivity index (χ1v) is 9.29. The molecule has 1 aliphatic rings. The Balaban J connectivity index is 1.77. The number of aromatic amines is 1. The van der Waals surface area contributed by atoms with Crippen molar-refractivity contribution in [1.29, 1.82) is 0 Å². The highest BCUT2D eigenvalue weighted by atomic mass is 19.3. The predicted octanol–water partition coefficient (Wildman–Crippen LogP) is 3.07. The van der Waals surface area contributed by atoms with Gasteiger partial charge >= 0.3 is 6.61 Å². The summed E-state index contributed by atoms with van der Waals surface area (Å²) in [5.41, 5.74) is 0.456. The lowest BCUT2D eigenvalue weighted by molar-refractivity contribution is -0.0512. The number of methoxy groups -OCH3 is 1. The van der Waals surface area contributed by atoms with E-state index in [1.54, 1.807) is 0 Å². The number of alkyl halides is 2. The molecular formula is C21H22F2N2O5. The average molecular weight is 420 g/mol. The van der Waals surface area contributed by atoms with Gasteiger partial charge in [-0.25, -0.2) is 0 Å². The van der Waals surface area contributed by atoms with Gasteiger partial charge in [-0.1, -0.05) is 19.9 Å². The number of aromatic nitrogens is 1. The van der Waals surface area contributed by atoms with Crippen LogP contribution in [0.3, 0.4) is 0 Å². The van der Waals surface area contributed by atoms with Crippen LogP contribution in [0.2, 0.25) is 0 Å². The van der Waals surface area contributed by atoms with Gasteiger partial charge in [-0.05, 0) is 35.6 Å². The smallest absolute Gasteiger partial charge is 0.387 e. The van der Waals surface area contributed by atoms with Gasteiger partial charge < -0.3 is 19.8 Å². The first kappa shape index (κ1) is 21.5. The number of rotatable bonds is 6. The second kappa shape index (κ2) is 8.25. The Morgan fingerprint density at radius 3 is 2.60 bits per heavy atom. The van der Waals surface area contributed by atoms with Gasteiger partial charge in [0.15, 0.2) is 17.3 Å². The topological polar surface area (TPSA) is 97.5 Å². The number of Topliss-reactive ketones (excluding diaryl/α,β-unsaturated/α-hetero) is 1. The molecule has 1 aliphatic carbocycles. The summed E-state index contributed by atoms with van der Waals surface area (Å²) in [7, 11) is 1.31. The van der Waals surface area contributed by atoms with Crippen LogP contribution in [-0.2, 0) is 13.0 Å². The van der Waals surface area contributed by atoms with Crippen LogP contribution in [0.25, 0.3) is 0 Å². The normalized spacial score (nSPS) is 14.9. The van der Waals surface area contributed by atoms with Gasteiger partial charge in [0.25, 0.3) is 11.5 Å². The summed E-state index contributed by atoms with van der Waals surface area (Å²) in [6, 6.07) is 5.57. The Kier molecular flexibility index (Phi) is 5.91. The SMILES string of the molecule is COc1cc(CNC(=O)c2cc3c([nH]c2=O)CC(C)(C)CC3=O)ccc1OC(F)F. The highest BCUT2D eigenvalue weighted by Crippen LogP contribution is 2.33. The van der Waals surface area contributed by atoms with Crippen molar-refractivity contribution in [2.45, 2.75) is 39.8 Å². The number of amides is 1. The second-order valence-electron chi connectivity index (χ2n) is 7.89. The predicted molar refractivity (Wildman–Crippen MR) is 104 cm³/mol. The molecule has 0 saturated carbocycles. The van der Waals surface area contributed by atoms with E-state index >= 15 is 0 Å². The van der Waals surface area contributed by atoms with Gasteiger partial charge in [0.05, 0.1) is 7.11 Å².